The zero-order chi connectivity index (χ0) is 11.8. The largest absolute Gasteiger partial charge is 0.378 e. The van der Waals surface area contributed by atoms with Crippen LogP contribution < -0.4 is 4.90 Å². The van der Waals surface area contributed by atoms with Gasteiger partial charge < -0.3 is 9.64 Å². The van der Waals surface area contributed by atoms with Crippen LogP contribution in [0.5, 0.6) is 0 Å². The summed E-state index contributed by atoms with van der Waals surface area (Å²) in [7, 11) is 0. The minimum absolute atomic E-state index is 0.768. The van der Waals surface area contributed by atoms with Crippen LogP contribution in [0.25, 0.3) is 5.65 Å². The highest BCUT2D eigenvalue weighted by molar-refractivity contribution is 9.10. The van der Waals surface area contributed by atoms with E-state index in [9.17, 15) is 0 Å². The Hall–Kier alpha value is -1.14. The number of morpholine rings is 1. The molecule has 1 fully saturated rings. The second kappa shape index (κ2) is 4.27. The molecule has 1 saturated heterocycles. The van der Waals surface area contributed by atoms with E-state index in [0.717, 1.165) is 48.1 Å². The molecule has 5 nitrogen and oxygen atoms in total. The number of imidazole rings is 1. The molecule has 0 atom stereocenters. The van der Waals surface area contributed by atoms with Gasteiger partial charge in [-0.25, -0.2) is 9.50 Å². The van der Waals surface area contributed by atoms with E-state index in [4.69, 9.17) is 4.74 Å². The van der Waals surface area contributed by atoms with Crippen molar-refractivity contribution in [2.45, 2.75) is 6.92 Å². The van der Waals surface area contributed by atoms with Crippen molar-refractivity contribution < 1.29 is 4.74 Å². The SMILES string of the molecule is Cc1nc2ccc(N3CCOCC3)nn2c1Br. The molecule has 3 heterocycles. The monoisotopic (exact) mass is 296 g/mol. The Balaban J connectivity index is 2.02. The highest BCUT2D eigenvalue weighted by Crippen LogP contribution is 2.20. The van der Waals surface area contributed by atoms with Crippen LogP contribution in [0.1, 0.15) is 5.69 Å². The summed E-state index contributed by atoms with van der Waals surface area (Å²) >= 11 is 3.50. The lowest BCUT2D eigenvalue weighted by Gasteiger charge is -2.27. The van der Waals surface area contributed by atoms with Crippen LogP contribution in [-0.4, -0.2) is 40.9 Å². The molecule has 0 saturated carbocycles. The first-order valence-electron chi connectivity index (χ1n) is 5.60. The Morgan fingerprint density at radius 1 is 1.29 bits per heavy atom. The molecular weight excluding hydrogens is 284 g/mol. The van der Waals surface area contributed by atoms with E-state index in [1.54, 1.807) is 0 Å². The molecule has 90 valence electrons. The summed E-state index contributed by atoms with van der Waals surface area (Å²) < 4.78 is 8.09. The molecule has 0 spiro atoms. The lowest BCUT2D eigenvalue weighted by Crippen LogP contribution is -2.37. The lowest BCUT2D eigenvalue weighted by molar-refractivity contribution is 0.122. The minimum Gasteiger partial charge on any atom is -0.378 e. The van der Waals surface area contributed by atoms with Crippen molar-refractivity contribution in [1.29, 1.82) is 0 Å². The fourth-order valence-electron chi connectivity index (χ4n) is 1.97. The van der Waals surface area contributed by atoms with Gasteiger partial charge in [-0.05, 0) is 35.0 Å². The topological polar surface area (TPSA) is 42.7 Å². The van der Waals surface area contributed by atoms with Crippen molar-refractivity contribution in [1.82, 2.24) is 14.6 Å². The fraction of sp³-hybridized carbons (Fsp3) is 0.455. The number of hydrogen-bond donors (Lipinski definition) is 0. The average molecular weight is 297 g/mol. The van der Waals surface area contributed by atoms with E-state index in [0.29, 0.717) is 0 Å². The third kappa shape index (κ3) is 1.91. The fourth-order valence-corrected chi connectivity index (χ4v) is 2.32. The number of aromatic nitrogens is 3. The van der Waals surface area contributed by atoms with Crippen LogP contribution in [-0.2, 0) is 4.74 Å². The van der Waals surface area contributed by atoms with Crippen molar-refractivity contribution >= 4 is 27.4 Å². The average Bonchev–Trinajstić information content (AvgIpc) is 2.66. The number of halogens is 1. The summed E-state index contributed by atoms with van der Waals surface area (Å²) in [4.78, 5) is 6.64. The van der Waals surface area contributed by atoms with Crippen LogP contribution in [0.4, 0.5) is 5.82 Å². The molecule has 0 radical (unpaired) electrons. The van der Waals surface area contributed by atoms with E-state index in [1.165, 1.54) is 0 Å². The molecule has 17 heavy (non-hydrogen) atoms. The van der Waals surface area contributed by atoms with E-state index in [1.807, 2.05) is 23.6 Å². The first-order valence-corrected chi connectivity index (χ1v) is 6.39. The lowest BCUT2D eigenvalue weighted by atomic mass is 10.4. The third-order valence-electron chi connectivity index (χ3n) is 2.90. The Kier molecular flexibility index (Phi) is 2.76. The number of anilines is 1. The summed E-state index contributed by atoms with van der Waals surface area (Å²) in [6.07, 6.45) is 0. The molecule has 0 unspecified atom stereocenters. The molecule has 1 aliphatic rings. The molecule has 2 aromatic rings. The van der Waals surface area contributed by atoms with E-state index >= 15 is 0 Å². The van der Waals surface area contributed by atoms with Crippen molar-refractivity contribution in [3.8, 4) is 0 Å². The van der Waals surface area contributed by atoms with Crippen LogP contribution >= 0.6 is 15.9 Å². The van der Waals surface area contributed by atoms with Gasteiger partial charge in [-0.15, -0.1) is 5.10 Å². The van der Waals surface area contributed by atoms with Gasteiger partial charge >= 0.3 is 0 Å². The smallest absolute Gasteiger partial charge is 0.155 e. The molecule has 0 N–H and O–H groups in total. The summed E-state index contributed by atoms with van der Waals surface area (Å²) in [5.41, 5.74) is 1.82. The second-order valence-corrected chi connectivity index (χ2v) is 4.80. The van der Waals surface area contributed by atoms with Gasteiger partial charge in [0.2, 0.25) is 0 Å². The maximum atomic E-state index is 5.34. The molecule has 2 aromatic heterocycles. The van der Waals surface area contributed by atoms with Crippen LogP contribution in [0.3, 0.4) is 0 Å². The number of fused-ring (bicyclic) bond motifs is 1. The standard InChI is InChI=1S/C11H13BrN4O/c1-8-11(12)16-9(13-8)2-3-10(14-16)15-4-6-17-7-5-15/h2-3H,4-7H2,1H3. The summed E-state index contributed by atoms with van der Waals surface area (Å²) in [6, 6.07) is 4.01. The molecule has 0 aromatic carbocycles. The number of nitrogens with zero attached hydrogens (tertiary/aromatic N) is 4. The molecule has 0 amide bonds. The van der Waals surface area contributed by atoms with Crippen LogP contribution in [0.2, 0.25) is 0 Å². The summed E-state index contributed by atoms with van der Waals surface area (Å²) in [5.74, 6) is 0.971. The molecule has 0 aliphatic carbocycles. The molecule has 1 aliphatic heterocycles. The van der Waals surface area contributed by atoms with E-state index in [-0.39, 0.29) is 0 Å². The van der Waals surface area contributed by atoms with Gasteiger partial charge in [0.05, 0.1) is 18.9 Å². The van der Waals surface area contributed by atoms with Gasteiger partial charge in [0.25, 0.3) is 0 Å². The summed E-state index contributed by atoms with van der Waals surface area (Å²) in [6.45, 7) is 5.29. The normalized spacial score (nSPS) is 16.7. The number of aryl methyl sites for hydroxylation is 1. The zero-order valence-electron chi connectivity index (χ0n) is 9.56. The minimum atomic E-state index is 0.768. The predicted molar refractivity (Wildman–Crippen MR) is 68.5 cm³/mol. The van der Waals surface area contributed by atoms with Gasteiger partial charge in [-0.3, -0.25) is 0 Å². The van der Waals surface area contributed by atoms with Gasteiger partial charge in [0.1, 0.15) is 10.4 Å². The quantitative estimate of drug-likeness (QED) is 0.802. The summed E-state index contributed by atoms with van der Waals surface area (Å²) in [5, 5.41) is 4.60. The first-order chi connectivity index (χ1) is 8.25. The number of hydrogen-bond acceptors (Lipinski definition) is 4. The van der Waals surface area contributed by atoms with Gasteiger partial charge in [-0.2, -0.15) is 0 Å². The Morgan fingerprint density at radius 3 is 2.82 bits per heavy atom. The molecule has 6 heteroatoms. The first kappa shape index (κ1) is 11.0. The van der Waals surface area contributed by atoms with E-state index in [2.05, 4.69) is 30.9 Å². The third-order valence-corrected chi connectivity index (χ3v) is 3.81. The number of ether oxygens (including phenoxy) is 1. The zero-order valence-corrected chi connectivity index (χ0v) is 11.1. The van der Waals surface area contributed by atoms with Crippen LogP contribution in [0.15, 0.2) is 16.7 Å². The Bertz CT molecular complexity index is 548. The van der Waals surface area contributed by atoms with E-state index < -0.39 is 0 Å². The van der Waals surface area contributed by atoms with Gasteiger partial charge in [-0.1, -0.05) is 0 Å². The molecule has 3 rings (SSSR count). The predicted octanol–water partition coefficient (Wildman–Crippen LogP) is 1.64. The Labute approximate surface area is 108 Å². The maximum Gasteiger partial charge on any atom is 0.155 e. The van der Waals surface area contributed by atoms with Crippen molar-refractivity contribution in [2.24, 2.45) is 0 Å². The molecule has 0 bridgehead atoms. The van der Waals surface area contributed by atoms with Crippen molar-refractivity contribution in [2.75, 3.05) is 31.2 Å². The maximum absolute atomic E-state index is 5.34. The van der Waals surface area contributed by atoms with Crippen molar-refractivity contribution in [3.63, 3.8) is 0 Å². The van der Waals surface area contributed by atoms with Crippen molar-refractivity contribution in [3.05, 3.63) is 22.4 Å². The molecular formula is C11H13BrN4O. The van der Waals surface area contributed by atoms with Crippen LogP contribution in [0, 0.1) is 6.92 Å². The van der Waals surface area contributed by atoms with Gasteiger partial charge in [0, 0.05) is 13.1 Å². The number of rotatable bonds is 1. The van der Waals surface area contributed by atoms with Gasteiger partial charge in [0.15, 0.2) is 5.65 Å². The second-order valence-electron chi connectivity index (χ2n) is 4.05. The highest BCUT2D eigenvalue weighted by Gasteiger charge is 2.14. The Morgan fingerprint density at radius 2 is 2.06 bits per heavy atom. The highest BCUT2D eigenvalue weighted by atomic mass is 79.9.